The Morgan fingerprint density at radius 3 is 2.30 bits per heavy atom. The SMILES string of the molecule is COCCCN(CCOC)CC(N)c1ccc(C)cc1. The third-order valence-corrected chi connectivity index (χ3v) is 3.39. The molecule has 0 aliphatic heterocycles. The Bertz CT molecular complexity index is 354. The molecule has 0 aromatic heterocycles. The lowest BCUT2D eigenvalue weighted by Gasteiger charge is -2.25. The molecular weight excluding hydrogens is 252 g/mol. The molecule has 4 heteroatoms. The van der Waals surface area contributed by atoms with Crippen molar-refractivity contribution >= 4 is 0 Å². The van der Waals surface area contributed by atoms with Crippen LogP contribution in [-0.4, -0.2) is 52.0 Å². The van der Waals surface area contributed by atoms with Gasteiger partial charge in [0.25, 0.3) is 0 Å². The van der Waals surface area contributed by atoms with Crippen molar-refractivity contribution in [3.05, 3.63) is 35.4 Å². The van der Waals surface area contributed by atoms with Crippen molar-refractivity contribution in [1.29, 1.82) is 0 Å². The predicted molar refractivity (Wildman–Crippen MR) is 82.9 cm³/mol. The molecule has 0 saturated carbocycles. The molecule has 1 atom stereocenters. The van der Waals surface area contributed by atoms with Gasteiger partial charge < -0.3 is 15.2 Å². The van der Waals surface area contributed by atoms with Crippen molar-refractivity contribution in [3.63, 3.8) is 0 Å². The second kappa shape index (κ2) is 9.88. The average molecular weight is 280 g/mol. The maximum Gasteiger partial charge on any atom is 0.0589 e. The first-order valence-electron chi connectivity index (χ1n) is 7.19. The van der Waals surface area contributed by atoms with Crippen LogP contribution in [0.4, 0.5) is 0 Å². The summed E-state index contributed by atoms with van der Waals surface area (Å²) in [5.41, 5.74) is 8.75. The Morgan fingerprint density at radius 1 is 1.05 bits per heavy atom. The zero-order valence-corrected chi connectivity index (χ0v) is 13.0. The Hall–Kier alpha value is -0.940. The maximum atomic E-state index is 6.31. The van der Waals surface area contributed by atoms with E-state index in [1.807, 2.05) is 0 Å². The summed E-state index contributed by atoms with van der Waals surface area (Å²) in [6.07, 6.45) is 1.01. The van der Waals surface area contributed by atoms with Gasteiger partial charge in [-0.05, 0) is 18.9 Å². The Balaban J connectivity index is 2.50. The fraction of sp³-hybridized carbons (Fsp3) is 0.625. The summed E-state index contributed by atoms with van der Waals surface area (Å²) >= 11 is 0. The van der Waals surface area contributed by atoms with Crippen LogP contribution >= 0.6 is 0 Å². The Morgan fingerprint density at radius 2 is 1.70 bits per heavy atom. The highest BCUT2D eigenvalue weighted by molar-refractivity contribution is 5.24. The number of hydrogen-bond acceptors (Lipinski definition) is 4. The predicted octanol–water partition coefficient (Wildman–Crippen LogP) is 1.98. The second-order valence-corrected chi connectivity index (χ2v) is 5.16. The summed E-state index contributed by atoms with van der Waals surface area (Å²) in [5, 5.41) is 0. The average Bonchev–Trinajstić information content (AvgIpc) is 2.45. The summed E-state index contributed by atoms with van der Waals surface area (Å²) in [4.78, 5) is 2.34. The van der Waals surface area contributed by atoms with Crippen molar-refractivity contribution in [2.75, 3.05) is 47.1 Å². The summed E-state index contributed by atoms with van der Waals surface area (Å²) in [6, 6.07) is 8.49. The zero-order valence-electron chi connectivity index (χ0n) is 13.0. The molecule has 0 aliphatic rings. The molecule has 0 bridgehead atoms. The van der Waals surface area contributed by atoms with E-state index in [4.69, 9.17) is 15.2 Å². The smallest absolute Gasteiger partial charge is 0.0589 e. The topological polar surface area (TPSA) is 47.7 Å². The van der Waals surface area contributed by atoms with Gasteiger partial charge in [-0.25, -0.2) is 0 Å². The van der Waals surface area contributed by atoms with Crippen molar-refractivity contribution in [3.8, 4) is 0 Å². The number of nitrogens with two attached hydrogens (primary N) is 1. The fourth-order valence-electron chi connectivity index (χ4n) is 2.14. The minimum atomic E-state index is 0.0370. The number of hydrogen-bond donors (Lipinski definition) is 1. The lowest BCUT2D eigenvalue weighted by molar-refractivity contribution is 0.129. The molecule has 20 heavy (non-hydrogen) atoms. The highest BCUT2D eigenvalue weighted by atomic mass is 16.5. The summed E-state index contributed by atoms with van der Waals surface area (Å²) in [7, 11) is 3.46. The highest BCUT2D eigenvalue weighted by Crippen LogP contribution is 2.13. The number of benzene rings is 1. The van der Waals surface area contributed by atoms with E-state index in [-0.39, 0.29) is 6.04 Å². The molecule has 114 valence electrons. The van der Waals surface area contributed by atoms with Crippen LogP contribution in [0.15, 0.2) is 24.3 Å². The van der Waals surface area contributed by atoms with E-state index >= 15 is 0 Å². The van der Waals surface area contributed by atoms with Gasteiger partial charge in [0.1, 0.15) is 0 Å². The van der Waals surface area contributed by atoms with Crippen LogP contribution in [0.2, 0.25) is 0 Å². The summed E-state index contributed by atoms with van der Waals surface area (Å²) in [5.74, 6) is 0. The van der Waals surface area contributed by atoms with Crippen molar-refractivity contribution < 1.29 is 9.47 Å². The lowest BCUT2D eigenvalue weighted by atomic mass is 10.1. The fourth-order valence-corrected chi connectivity index (χ4v) is 2.14. The molecule has 0 fully saturated rings. The van der Waals surface area contributed by atoms with Gasteiger partial charge in [0.15, 0.2) is 0 Å². The molecule has 0 heterocycles. The molecule has 0 amide bonds. The van der Waals surface area contributed by atoms with E-state index in [0.29, 0.717) is 0 Å². The van der Waals surface area contributed by atoms with Gasteiger partial charge in [0.2, 0.25) is 0 Å². The van der Waals surface area contributed by atoms with Gasteiger partial charge in [0.05, 0.1) is 6.61 Å². The molecule has 0 radical (unpaired) electrons. The third kappa shape index (κ3) is 6.48. The molecule has 0 aliphatic carbocycles. The van der Waals surface area contributed by atoms with Gasteiger partial charge >= 0.3 is 0 Å². The number of methoxy groups -OCH3 is 2. The highest BCUT2D eigenvalue weighted by Gasteiger charge is 2.12. The first-order chi connectivity index (χ1) is 9.67. The molecule has 2 N–H and O–H groups in total. The normalized spacial score (nSPS) is 12.8. The lowest BCUT2D eigenvalue weighted by Crippen LogP contribution is -2.35. The quantitative estimate of drug-likeness (QED) is 0.666. The van der Waals surface area contributed by atoms with Crippen molar-refractivity contribution in [1.82, 2.24) is 4.90 Å². The van der Waals surface area contributed by atoms with E-state index in [1.54, 1.807) is 14.2 Å². The third-order valence-electron chi connectivity index (χ3n) is 3.39. The number of ether oxygens (including phenoxy) is 2. The van der Waals surface area contributed by atoms with Gasteiger partial charge in [-0.2, -0.15) is 0 Å². The van der Waals surface area contributed by atoms with Crippen LogP contribution in [0, 0.1) is 6.92 Å². The minimum absolute atomic E-state index is 0.0370. The van der Waals surface area contributed by atoms with Gasteiger partial charge in [0, 0.05) is 46.5 Å². The second-order valence-electron chi connectivity index (χ2n) is 5.16. The molecule has 1 rings (SSSR count). The zero-order chi connectivity index (χ0) is 14.8. The Kier molecular flexibility index (Phi) is 8.46. The van der Waals surface area contributed by atoms with Crippen molar-refractivity contribution in [2.45, 2.75) is 19.4 Å². The molecular formula is C16H28N2O2. The summed E-state index contributed by atoms with van der Waals surface area (Å²) < 4.78 is 10.3. The molecule has 0 saturated heterocycles. The minimum Gasteiger partial charge on any atom is -0.385 e. The van der Waals surface area contributed by atoms with E-state index in [1.165, 1.54) is 11.1 Å². The molecule has 0 spiro atoms. The van der Waals surface area contributed by atoms with Crippen LogP contribution in [0.3, 0.4) is 0 Å². The van der Waals surface area contributed by atoms with Gasteiger partial charge in [-0.1, -0.05) is 29.8 Å². The monoisotopic (exact) mass is 280 g/mol. The van der Waals surface area contributed by atoms with Crippen LogP contribution < -0.4 is 5.73 Å². The molecule has 1 unspecified atom stereocenters. The number of rotatable bonds is 10. The van der Waals surface area contributed by atoms with Gasteiger partial charge in [-0.15, -0.1) is 0 Å². The van der Waals surface area contributed by atoms with Crippen LogP contribution in [0.5, 0.6) is 0 Å². The van der Waals surface area contributed by atoms with E-state index in [9.17, 15) is 0 Å². The van der Waals surface area contributed by atoms with Crippen LogP contribution in [0.1, 0.15) is 23.6 Å². The largest absolute Gasteiger partial charge is 0.385 e. The number of nitrogens with zero attached hydrogens (tertiary/aromatic N) is 1. The van der Waals surface area contributed by atoms with E-state index in [2.05, 4.69) is 36.1 Å². The first-order valence-corrected chi connectivity index (χ1v) is 7.19. The number of aryl methyl sites for hydroxylation is 1. The summed E-state index contributed by atoms with van der Waals surface area (Å²) in [6.45, 7) is 6.33. The standard InChI is InChI=1S/C16H28N2O2/c1-14-5-7-15(8-6-14)16(17)13-18(10-12-20-3)9-4-11-19-2/h5-8,16H,4,9-13,17H2,1-3H3. The van der Waals surface area contributed by atoms with E-state index in [0.717, 1.165) is 39.3 Å². The Labute approximate surface area is 122 Å². The van der Waals surface area contributed by atoms with Crippen LogP contribution in [0.25, 0.3) is 0 Å². The maximum absolute atomic E-state index is 6.31. The first kappa shape index (κ1) is 17.1. The molecule has 1 aromatic carbocycles. The van der Waals surface area contributed by atoms with Gasteiger partial charge in [-0.3, -0.25) is 4.90 Å². The molecule has 4 nitrogen and oxygen atoms in total. The van der Waals surface area contributed by atoms with Crippen LogP contribution in [-0.2, 0) is 9.47 Å². The van der Waals surface area contributed by atoms with E-state index < -0.39 is 0 Å². The molecule has 1 aromatic rings. The van der Waals surface area contributed by atoms with Crippen molar-refractivity contribution in [2.24, 2.45) is 5.73 Å².